The number of carbonyl (C=O) groups is 1. The summed E-state index contributed by atoms with van der Waals surface area (Å²) in [7, 11) is 0. The summed E-state index contributed by atoms with van der Waals surface area (Å²) in [6, 6.07) is 13.6. The number of nitrogens with one attached hydrogen (secondary N) is 1. The van der Waals surface area contributed by atoms with E-state index in [1.165, 1.54) is 31.5 Å². The first-order valence-corrected chi connectivity index (χ1v) is 9.95. The second-order valence-corrected chi connectivity index (χ2v) is 8.17. The Balaban J connectivity index is 1.37. The number of aryl methyl sites for hydroxylation is 1. The van der Waals surface area contributed by atoms with Crippen LogP contribution in [0, 0.1) is 12.8 Å². The summed E-state index contributed by atoms with van der Waals surface area (Å²) in [6.45, 7) is 5.59. The molecular formula is C21H26N4O2. The van der Waals surface area contributed by atoms with E-state index in [1.807, 2.05) is 6.92 Å². The zero-order valence-electron chi connectivity index (χ0n) is 15.7. The van der Waals surface area contributed by atoms with Crippen molar-refractivity contribution >= 4 is 11.7 Å². The summed E-state index contributed by atoms with van der Waals surface area (Å²) < 4.78 is 5.05. The molecule has 0 radical (unpaired) electrons. The maximum absolute atomic E-state index is 12.7. The van der Waals surface area contributed by atoms with Crippen molar-refractivity contribution in [1.29, 1.82) is 0 Å². The summed E-state index contributed by atoms with van der Waals surface area (Å²) in [4.78, 5) is 17.7. The van der Waals surface area contributed by atoms with Gasteiger partial charge in [0.15, 0.2) is 5.82 Å². The summed E-state index contributed by atoms with van der Waals surface area (Å²) in [5.41, 5.74) is 1.40. The van der Waals surface area contributed by atoms with Gasteiger partial charge in [0.25, 0.3) is 0 Å². The zero-order valence-corrected chi connectivity index (χ0v) is 15.7. The number of benzene rings is 1. The highest BCUT2D eigenvalue weighted by atomic mass is 16.5. The second kappa shape index (κ2) is 6.77. The number of amides is 1. The van der Waals surface area contributed by atoms with Crippen LogP contribution in [0.5, 0.6) is 0 Å². The molecule has 4 aliphatic heterocycles. The first kappa shape index (κ1) is 17.0. The largest absolute Gasteiger partial charge is 0.360 e. The van der Waals surface area contributed by atoms with Crippen LogP contribution in [0.25, 0.3) is 0 Å². The Morgan fingerprint density at radius 1 is 1.22 bits per heavy atom. The second-order valence-electron chi connectivity index (χ2n) is 8.17. The number of aromatic nitrogens is 1. The molecular weight excluding hydrogens is 340 g/mol. The zero-order chi connectivity index (χ0) is 18.4. The molecule has 5 heterocycles. The summed E-state index contributed by atoms with van der Waals surface area (Å²) in [5, 5.41) is 6.76. The average Bonchev–Trinajstić information content (AvgIpc) is 3.28. The van der Waals surface area contributed by atoms with Crippen LogP contribution in [-0.4, -0.2) is 59.1 Å². The van der Waals surface area contributed by atoms with Gasteiger partial charge in [0.1, 0.15) is 5.76 Å². The van der Waals surface area contributed by atoms with Crippen LogP contribution in [0.1, 0.15) is 30.1 Å². The lowest BCUT2D eigenvalue weighted by Crippen LogP contribution is -2.60. The van der Waals surface area contributed by atoms with Crippen LogP contribution in [0.15, 0.2) is 40.9 Å². The van der Waals surface area contributed by atoms with Gasteiger partial charge in [-0.2, -0.15) is 0 Å². The predicted molar refractivity (Wildman–Crippen MR) is 102 cm³/mol. The molecule has 1 amide bonds. The normalized spacial score (nSPS) is 32.4. The van der Waals surface area contributed by atoms with Crippen molar-refractivity contribution in [3.63, 3.8) is 0 Å². The van der Waals surface area contributed by atoms with Gasteiger partial charge in [-0.15, -0.1) is 0 Å². The summed E-state index contributed by atoms with van der Waals surface area (Å²) in [5.74, 6) is 2.37. The monoisotopic (exact) mass is 366 g/mol. The van der Waals surface area contributed by atoms with Crippen LogP contribution in [0.3, 0.4) is 0 Å². The lowest BCUT2D eigenvalue weighted by atomic mass is 9.75. The van der Waals surface area contributed by atoms with E-state index in [4.69, 9.17) is 4.52 Å². The van der Waals surface area contributed by atoms with E-state index in [0.29, 0.717) is 42.0 Å². The standard InChI is InChI=1S/C21H26N4O2/c1-14-11-18(23-27-14)22-19(26)13-25-12-17(15-5-3-2-4-6-15)21-20(25)16-7-9-24(21)10-8-16/h2-6,11,16-17,20-21H,7-10,12-13H2,1H3,(H,22,23,26)/t17-,20+,21+/m1/s1. The van der Waals surface area contributed by atoms with Crippen molar-refractivity contribution in [3.05, 3.63) is 47.7 Å². The fourth-order valence-corrected chi connectivity index (χ4v) is 5.51. The van der Waals surface area contributed by atoms with E-state index >= 15 is 0 Å². The van der Waals surface area contributed by atoms with Crippen molar-refractivity contribution in [2.45, 2.75) is 37.8 Å². The lowest BCUT2D eigenvalue weighted by molar-refractivity contribution is -0.118. The highest BCUT2D eigenvalue weighted by molar-refractivity contribution is 5.91. The third-order valence-electron chi connectivity index (χ3n) is 6.56. The van der Waals surface area contributed by atoms with Gasteiger partial charge in [0, 0.05) is 30.6 Å². The van der Waals surface area contributed by atoms with E-state index in [1.54, 1.807) is 6.07 Å². The van der Waals surface area contributed by atoms with Gasteiger partial charge in [0.05, 0.1) is 6.54 Å². The van der Waals surface area contributed by atoms with Crippen LogP contribution in [0.4, 0.5) is 5.82 Å². The van der Waals surface area contributed by atoms with Gasteiger partial charge in [-0.3, -0.25) is 14.6 Å². The Hall–Kier alpha value is -2.18. The molecule has 6 rings (SSSR count). The molecule has 4 fully saturated rings. The van der Waals surface area contributed by atoms with E-state index in [0.717, 1.165) is 6.54 Å². The molecule has 0 aliphatic carbocycles. The van der Waals surface area contributed by atoms with Crippen molar-refractivity contribution in [1.82, 2.24) is 15.0 Å². The number of hydrogen-bond acceptors (Lipinski definition) is 5. The van der Waals surface area contributed by atoms with Crippen LogP contribution in [0.2, 0.25) is 0 Å². The molecule has 2 aromatic rings. The number of piperidine rings is 3. The first-order valence-electron chi connectivity index (χ1n) is 9.95. The van der Waals surface area contributed by atoms with Crippen molar-refractivity contribution in [2.75, 3.05) is 31.5 Å². The number of anilines is 1. The quantitative estimate of drug-likeness (QED) is 0.901. The Bertz CT molecular complexity index is 813. The van der Waals surface area contributed by atoms with Crippen molar-refractivity contribution in [2.24, 2.45) is 5.92 Å². The Labute approximate surface area is 159 Å². The molecule has 27 heavy (non-hydrogen) atoms. The number of hydrogen-bond donors (Lipinski definition) is 1. The van der Waals surface area contributed by atoms with Crippen molar-refractivity contribution in [3.8, 4) is 0 Å². The van der Waals surface area contributed by atoms with Gasteiger partial charge in [-0.25, -0.2) is 0 Å². The first-order chi connectivity index (χ1) is 13.2. The van der Waals surface area contributed by atoms with E-state index in [9.17, 15) is 4.79 Å². The molecule has 0 saturated carbocycles. The predicted octanol–water partition coefficient (Wildman–Crippen LogP) is 2.48. The topological polar surface area (TPSA) is 61.6 Å². The van der Waals surface area contributed by atoms with Crippen LogP contribution < -0.4 is 5.32 Å². The van der Waals surface area contributed by atoms with Gasteiger partial charge >= 0.3 is 0 Å². The minimum atomic E-state index is -0.00721. The molecule has 6 nitrogen and oxygen atoms in total. The number of rotatable bonds is 4. The van der Waals surface area contributed by atoms with E-state index < -0.39 is 0 Å². The minimum Gasteiger partial charge on any atom is -0.360 e. The van der Waals surface area contributed by atoms with Gasteiger partial charge < -0.3 is 9.84 Å². The maximum atomic E-state index is 12.7. The Morgan fingerprint density at radius 3 is 2.70 bits per heavy atom. The molecule has 4 aliphatic rings. The van der Waals surface area contributed by atoms with Crippen LogP contribution >= 0.6 is 0 Å². The fourth-order valence-electron chi connectivity index (χ4n) is 5.51. The van der Waals surface area contributed by atoms with Gasteiger partial charge in [0.2, 0.25) is 5.91 Å². The number of nitrogens with zero attached hydrogens (tertiary/aromatic N) is 3. The molecule has 1 aromatic heterocycles. The molecule has 4 saturated heterocycles. The summed E-state index contributed by atoms with van der Waals surface area (Å²) >= 11 is 0. The lowest BCUT2D eigenvalue weighted by Gasteiger charge is -2.51. The smallest absolute Gasteiger partial charge is 0.239 e. The molecule has 6 heteroatoms. The summed E-state index contributed by atoms with van der Waals surface area (Å²) in [6.07, 6.45) is 2.51. The highest BCUT2D eigenvalue weighted by Crippen LogP contribution is 2.46. The van der Waals surface area contributed by atoms with E-state index in [2.05, 4.69) is 50.6 Å². The van der Waals surface area contributed by atoms with Gasteiger partial charge in [-0.05, 0) is 44.3 Å². The highest BCUT2D eigenvalue weighted by Gasteiger charge is 2.53. The van der Waals surface area contributed by atoms with Crippen LogP contribution in [-0.2, 0) is 4.79 Å². The average molecular weight is 366 g/mol. The number of fused-ring (bicyclic) bond motifs is 2. The van der Waals surface area contributed by atoms with Gasteiger partial charge in [-0.1, -0.05) is 35.5 Å². The molecule has 2 bridgehead atoms. The fraction of sp³-hybridized carbons (Fsp3) is 0.524. The third-order valence-corrected chi connectivity index (χ3v) is 6.56. The number of carbonyl (C=O) groups excluding carboxylic acids is 1. The van der Waals surface area contributed by atoms with Crippen molar-refractivity contribution < 1.29 is 9.32 Å². The third kappa shape index (κ3) is 3.07. The SMILES string of the molecule is Cc1cc(NC(=O)CN2C[C@H](c3ccccc3)[C@H]3[C@@H]2C2CCN3CC2)no1. The molecule has 1 aromatic carbocycles. The molecule has 3 atom stereocenters. The number of likely N-dealkylation sites (tertiary alicyclic amines) is 1. The molecule has 0 spiro atoms. The maximum Gasteiger partial charge on any atom is 0.239 e. The molecule has 0 unspecified atom stereocenters. The minimum absolute atomic E-state index is 0.00721. The Morgan fingerprint density at radius 2 is 2.00 bits per heavy atom. The van der Waals surface area contributed by atoms with E-state index in [-0.39, 0.29) is 5.91 Å². The Kier molecular flexibility index (Phi) is 4.25. The molecule has 142 valence electrons. The molecule has 1 N–H and O–H groups in total.